The Morgan fingerprint density at radius 1 is 1.12 bits per heavy atom. The molecule has 1 N–H and O–H groups in total. The molecule has 0 aliphatic carbocycles. The van der Waals surface area contributed by atoms with Crippen molar-refractivity contribution in [2.24, 2.45) is 0 Å². The summed E-state index contributed by atoms with van der Waals surface area (Å²) in [5.74, 6) is 0.258. The smallest absolute Gasteiger partial charge is 0.235 e. The molecular weight excluding hydrogens is 226 g/mol. The van der Waals surface area contributed by atoms with E-state index in [0.717, 1.165) is 25.9 Å². The summed E-state index contributed by atoms with van der Waals surface area (Å²) >= 11 is 0. The lowest BCUT2D eigenvalue weighted by Gasteiger charge is -2.24. The van der Waals surface area contributed by atoms with Gasteiger partial charge in [0.05, 0.1) is 6.61 Å². The van der Waals surface area contributed by atoms with Crippen LogP contribution in [-0.2, 0) is 15.6 Å². The van der Waals surface area contributed by atoms with Crippen LogP contribution in [0.2, 0.25) is 0 Å². The minimum absolute atomic E-state index is 0.0197. The summed E-state index contributed by atoms with van der Waals surface area (Å²) in [5.41, 5.74) is 0. The van der Waals surface area contributed by atoms with Crippen LogP contribution < -0.4 is 0 Å². The van der Waals surface area contributed by atoms with Crippen LogP contribution in [0, 0.1) is 0 Å². The van der Waals surface area contributed by atoms with E-state index in [1.165, 1.54) is 19.3 Å². The Balaban J connectivity index is 2.35. The molecule has 0 aromatic rings. The van der Waals surface area contributed by atoms with Gasteiger partial charge in [-0.15, -0.1) is 0 Å². The van der Waals surface area contributed by atoms with E-state index < -0.39 is 10.8 Å². The van der Waals surface area contributed by atoms with Crippen LogP contribution in [0.4, 0.5) is 0 Å². The normalized spacial score (nSPS) is 19.9. The highest BCUT2D eigenvalue weighted by molar-refractivity contribution is 7.85. The van der Waals surface area contributed by atoms with Gasteiger partial charge in [0, 0.05) is 29.6 Å². The second-order valence-electron chi connectivity index (χ2n) is 4.16. The molecule has 0 bridgehead atoms. The molecule has 0 radical (unpaired) electrons. The topological polar surface area (TPSA) is 57.6 Å². The van der Waals surface area contributed by atoms with E-state index in [9.17, 15) is 9.00 Å². The molecular formula is C11H21NO3S. The second kappa shape index (κ2) is 7.79. The molecule has 1 unspecified atom stereocenters. The van der Waals surface area contributed by atoms with Gasteiger partial charge in [-0.25, -0.2) is 0 Å². The molecule has 1 saturated heterocycles. The van der Waals surface area contributed by atoms with Crippen LogP contribution in [0.5, 0.6) is 0 Å². The zero-order valence-corrected chi connectivity index (χ0v) is 10.5. The predicted octanol–water partition coefficient (Wildman–Crippen LogP) is 0.520. The number of rotatable bonds is 4. The molecule has 1 fully saturated rings. The molecule has 1 heterocycles. The number of carbonyl (C=O) groups is 1. The van der Waals surface area contributed by atoms with Crippen LogP contribution in [0.25, 0.3) is 0 Å². The average Bonchev–Trinajstić information content (AvgIpc) is 2.16. The fourth-order valence-corrected chi connectivity index (χ4v) is 2.71. The SMILES string of the molecule is O=C(CS(=O)CCO)N1CCCCCCC1. The Hall–Kier alpha value is -0.420. The third kappa shape index (κ3) is 5.07. The molecule has 1 aliphatic heterocycles. The molecule has 1 amide bonds. The molecule has 0 aromatic heterocycles. The first-order chi connectivity index (χ1) is 7.74. The molecule has 1 rings (SSSR count). The second-order valence-corrected chi connectivity index (χ2v) is 5.74. The minimum Gasteiger partial charge on any atom is -0.395 e. The van der Waals surface area contributed by atoms with Crippen LogP contribution in [0.15, 0.2) is 0 Å². The average molecular weight is 247 g/mol. The first-order valence-corrected chi connectivity index (χ1v) is 7.46. The van der Waals surface area contributed by atoms with Crippen LogP contribution in [0.3, 0.4) is 0 Å². The van der Waals surface area contributed by atoms with Gasteiger partial charge in [0.15, 0.2) is 0 Å². The molecule has 0 saturated carbocycles. The zero-order chi connectivity index (χ0) is 11.8. The summed E-state index contributed by atoms with van der Waals surface area (Å²) in [6.45, 7) is 1.49. The van der Waals surface area contributed by atoms with Crippen molar-refractivity contribution >= 4 is 16.7 Å². The van der Waals surface area contributed by atoms with Gasteiger partial charge in [0.2, 0.25) is 5.91 Å². The van der Waals surface area contributed by atoms with Crippen LogP contribution in [0.1, 0.15) is 32.1 Å². The lowest BCUT2D eigenvalue weighted by molar-refractivity contribution is -0.128. The summed E-state index contributed by atoms with van der Waals surface area (Å²) in [5, 5.41) is 8.62. The molecule has 5 heteroatoms. The van der Waals surface area contributed by atoms with Gasteiger partial charge in [-0.05, 0) is 12.8 Å². The molecule has 1 aliphatic rings. The maximum Gasteiger partial charge on any atom is 0.235 e. The number of hydrogen-bond donors (Lipinski definition) is 1. The molecule has 0 spiro atoms. The Morgan fingerprint density at radius 2 is 1.69 bits per heavy atom. The Kier molecular flexibility index (Phi) is 6.64. The summed E-state index contributed by atoms with van der Waals surface area (Å²) in [6.07, 6.45) is 5.74. The van der Waals surface area contributed by atoms with Gasteiger partial charge in [0.1, 0.15) is 5.75 Å². The molecule has 1 atom stereocenters. The predicted molar refractivity (Wildman–Crippen MR) is 64.6 cm³/mol. The van der Waals surface area contributed by atoms with Gasteiger partial charge >= 0.3 is 0 Å². The first kappa shape index (κ1) is 13.6. The van der Waals surface area contributed by atoms with Crippen molar-refractivity contribution in [1.29, 1.82) is 0 Å². The lowest BCUT2D eigenvalue weighted by Crippen LogP contribution is -2.37. The molecule has 4 nitrogen and oxygen atoms in total. The number of aliphatic hydroxyl groups excluding tert-OH is 1. The van der Waals surface area contributed by atoms with Crippen molar-refractivity contribution in [3.05, 3.63) is 0 Å². The maximum atomic E-state index is 11.8. The largest absolute Gasteiger partial charge is 0.395 e. The van der Waals surface area contributed by atoms with Crippen molar-refractivity contribution in [1.82, 2.24) is 4.90 Å². The van der Waals surface area contributed by atoms with E-state index in [1.807, 2.05) is 4.90 Å². The Bertz CT molecular complexity index is 237. The monoisotopic (exact) mass is 247 g/mol. The first-order valence-electron chi connectivity index (χ1n) is 5.97. The highest BCUT2D eigenvalue weighted by Crippen LogP contribution is 2.10. The summed E-state index contributed by atoms with van der Waals surface area (Å²) in [7, 11) is -1.20. The van der Waals surface area contributed by atoms with E-state index in [-0.39, 0.29) is 24.0 Å². The van der Waals surface area contributed by atoms with Crippen molar-refractivity contribution in [2.45, 2.75) is 32.1 Å². The Morgan fingerprint density at radius 3 is 2.25 bits per heavy atom. The minimum atomic E-state index is -1.20. The van der Waals surface area contributed by atoms with E-state index >= 15 is 0 Å². The van der Waals surface area contributed by atoms with E-state index in [0.29, 0.717) is 0 Å². The van der Waals surface area contributed by atoms with Crippen molar-refractivity contribution in [3.63, 3.8) is 0 Å². The van der Waals surface area contributed by atoms with Crippen LogP contribution >= 0.6 is 0 Å². The van der Waals surface area contributed by atoms with E-state index in [2.05, 4.69) is 0 Å². The molecule has 0 aromatic carbocycles. The lowest BCUT2D eigenvalue weighted by atomic mass is 10.1. The van der Waals surface area contributed by atoms with Crippen molar-refractivity contribution in [2.75, 3.05) is 31.2 Å². The van der Waals surface area contributed by atoms with Crippen molar-refractivity contribution in [3.8, 4) is 0 Å². The summed E-state index contributed by atoms with van der Waals surface area (Å²) < 4.78 is 11.4. The fourth-order valence-electron chi connectivity index (χ4n) is 1.90. The van der Waals surface area contributed by atoms with Gasteiger partial charge in [-0.2, -0.15) is 0 Å². The standard InChI is InChI=1S/C11H21NO3S/c13-8-9-16(15)10-11(14)12-6-4-2-1-3-5-7-12/h13H,1-10H2. The van der Waals surface area contributed by atoms with Gasteiger partial charge < -0.3 is 10.0 Å². The van der Waals surface area contributed by atoms with Crippen LogP contribution in [-0.4, -0.2) is 51.3 Å². The summed E-state index contributed by atoms with van der Waals surface area (Å²) in [4.78, 5) is 13.6. The number of nitrogens with zero attached hydrogens (tertiary/aromatic N) is 1. The van der Waals surface area contributed by atoms with Gasteiger partial charge in [-0.3, -0.25) is 9.00 Å². The van der Waals surface area contributed by atoms with Gasteiger partial charge in [0.25, 0.3) is 0 Å². The number of aliphatic hydroxyl groups is 1. The maximum absolute atomic E-state index is 11.8. The van der Waals surface area contributed by atoms with Crippen molar-refractivity contribution < 1.29 is 14.1 Å². The highest BCUT2D eigenvalue weighted by atomic mass is 32.2. The molecule has 16 heavy (non-hydrogen) atoms. The van der Waals surface area contributed by atoms with E-state index in [1.54, 1.807) is 0 Å². The number of carbonyl (C=O) groups excluding carboxylic acids is 1. The summed E-state index contributed by atoms with van der Waals surface area (Å²) in [6, 6.07) is 0. The van der Waals surface area contributed by atoms with Gasteiger partial charge in [-0.1, -0.05) is 19.3 Å². The fraction of sp³-hybridized carbons (Fsp3) is 0.909. The Labute approximate surface area is 99.5 Å². The highest BCUT2D eigenvalue weighted by Gasteiger charge is 2.16. The molecule has 94 valence electrons. The number of hydrogen-bond acceptors (Lipinski definition) is 3. The zero-order valence-electron chi connectivity index (χ0n) is 9.69. The number of likely N-dealkylation sites (tertiary alicyclic amines) is 1. The third-order valence-electron chi connectivity index (χ3n) is 2.81. The third-order valence-corrected chi connectivity index (χ3v) is 4.02. The quantitative estimate of drug-likeness (QED) is 0.788. The van der Waals surface area contributed by atoms with E-state index in [4.69, 9.17) is 5.11 Å². The number of amides is 1.